The van der Waals surface area contributed by atoms with Crippen molar-refractivity contribution < 1.29 is 0 Å². The standard InChI is InChI=1S/C16H15N5/c1-9-4-5-21-16(18-11(3)20-21)14(9)12-6-10(2)15-13(7-12)8-17-19-15/h4-8H,1-3H3,(H,17,19). The number of aromatic amines is 1. The lowest BCUT2D eigenvalue weighted by Gasteiger charge is -2.09. The summed E-state index contributed by atoms with van der Waals surface area (Å²) in [4.78, 5) is 4.58. The zero-order chi connectivity index (χ0) is 14.6. The van der Waals surface area contributed by atoms with E-state index in [2.05, 4.69) is 52.3 Å². The van der Waals surface area contributed by atoms with Crippen LogP contribution in [0.4, 0.5) is 0 Å². The molecule has 0 saturated carbocycles. The minimum atomic E-state index is 0.781. The Labute approximate surface area is 121 Å². The molecule has 3 heterocycles. The van der Waals surface area contributed by atoms with Crippen molar-refractivity contribution in [2.45, 2.75) is 20.8 Å². The Balaban J connectivity index is 2.09. The lowest BCUT2D eigenvalue weighted by molar-refractivity contribution is 0.929. The van der Waals surface area contributed by atoms with Crippen molar-refractivity contribution in [2.24, 2.45) is 0 Å². The van der Waals surface area contributed by atoms with Gasteiger partial charge in [-0.3, -0.25) is 5.10 Å². The van der Waals surface area contributed by atoms with Crippen molar-refractivity contribution in [1.29, 1.82) is 0 Å². The Morgan fingerprint density at radius 2 is 1.95 bits per heavy atom. The Hall–Kier alpha value is -2.69. The molecule has 0 aliphatic carbocycles. The second-order valence-electron chi connectivity index (χ2n) is 5.43. The van der Waals surface area contributed by atoms with Gasteiger partial charge in [0.25, 0.3) is 0 Å². The predicted octanol–water partition coefficient (Wildman–Crippen LogP) is 3.20. The van der Waals surface area contributed by atoms with Gasteiger partial charge in [-0.25, -0.2) is 9.50 Å². The highest BCUT2D eigenvalue weighted by molar-refractivity contribution is 5.90. The lowest BCUT2D eigenvalue weighted by Crippen LogP contribution is -1.94. The van der Waals surface area contributed by atoms with Crippen LogP contribution in [0.2, 0.25) is 0 Å². The fourth-order valence-electron chi connectivity index (χ4n) is 2.88. The molecule has 1 aromatic carbocycles. The van der Waals surface area contributed by atoms with Crippen molar-refractivity contribution in [3.8, 4) is 11.1 Å². The largest absolute Gasteiger partial charge is 0.278 e. The zero-order valence-electron chi connectivity index (χ0n) is 12.2. The third-order valence-electron chi connectivity index (χ3n) is 3.86. The van der Waals surface area contributed by atoms with Crippen molar-refractivity contribution in [2.75, 3.05) is 0 Å². The normalized spacial score (nSPS) is 11.6. The number of H-pyrrole nitrogens is 1. The van der Waals surface area contributed by atoms with Crippen LogP contribution >= 0.6 is 0 Å². The molecule has 0 spiro atoms. The van der Waals surface area contributed by atoms with Crippen molar-refractivity contribution in [1.82, 2.24) is 24.8 Å². The van der Waals surface area contributed by atoms with E-state index < -0.39 is 0 Å². The maximum Gasteiger partial charge on any atom is 0.163 e. The summed E-state index contributed by atoms with van der Waals surface area (Å²) in [5.74, 6) is 0.781. The average Bonchev–Trinajstić information content (AvgIpc) is 3.04. The van der Waals surface area contributed by atoms with Crippen molar-refractivity contribution in [3.05, 3.63) is 47.5 Å². The molecule has 4 aromatic rings. The van der Waals surface area contributed by atoms with Crippen LogP contribution in [-0.4, -0.2) is 24.8 Å². The molecule has 4 rings (SSSR count). The third-order valence-corrected chi connectivity index (χ3v) is 3.86. The number of aryl methyl sites for hydroxylation is 3. The number of hydrogen-bond acceptors (Lipinski definition) is 3. The van der Waals surface area contributed by atoms with E-state index in [-0.39, 0.29) is 0 Å². The Morgan fingerprint density at radius 1 is 1.10 bits per heavy atom. The van der Waals surface area contributed by atoms with Crippen LogP contribution in [0.5, 0.6) is 0 Å². The van der Waals surface area contributed by atoms with Gasteiger partial charge in [-0.2, -0.15) is 10.2 Å². The summed E-state index contributed by atoms with van der Waals surface area (Å²) in [6.45, 7) is 6.11. The monoisotopic (exact) mass is 277 g/mol. The summed E-state index contributed by atoms with van der Waals surface area (Å²) < 4.78 is 1.84. The smallest absolute Gasteiger partial charge is 0.163 e. The van der Waals surface area contributed by atoms with E-state index in [0.717, 1.165) is 33.5 Å². The van der Waals surface area contributed by atoms with Crippen LogP contribution in [0.1, 0.15) is 17.0 Å². The van der Waals surface area contributed by atoms with E-state index in [9.17, 15) is 0 Å². The highest BCUT2D eigenvalue weighted by Gasteiger charge is 2.13. The molecule has 1 N–H and O–H groups in total. The maximum atomic E-state index is 4.58. The van der Waals surface area contributed by atoms with Gasteiger partial charge >= 0.3 is 0 Å². The summed E-state index contributed by atoms with van der Waals surface area (Å²) in [6.07, 6.45) is 3.81. The molecule has 0 aliphatic rings. The summed E-state index contributed by atoms with van der Waals surface area (Å²) in [5.41, 5.74) is 6.63. The van der Waals surface area contributed by atoms with E-state index in [4.69, 9.17) is 0 Å². The molecule has 0 saturated heterocycles. The fourth-order valence-corrected chi connectivity index (χ4v) is 2.88. The van der Waals surface area contributed by atoms with Crippen LogP contribution in [0.25, 0.3) is 27.7 Å². The van der Waals surface area contributed by atoms with Crippen molar-refractivity contribution >= 4 is 16.6 Å². The Kier molecular flexibility index (Phi) is 2.39. The number of hydrogen-bond donors (Lipinski definition) is 1. The topological polar surface area (TPSA) is 58.9 Å². The lowest BCUT2D eigenvalue weighted by atomic mass is 9.98. The molecule has 0 atom stereocenters. The SMILES string of the molecule is Cc1nc2c(-c3cc(C)c4[nH]ncc4c3)c(C)ccn2n1. The summed E-state index contributed by atoms with van der Waals surface area (Å²) in [7, 11) is 0. The fraction of sp³-hybridized carbons (Fsp3) is 0.188. The molecule has 5 heteroatoms. The van der Waals surface area contributed by atoms with Crippen LogP contribution < -0.4 is 0 Å². The number of benzene rings is 1. The molecule has 0 bridgehead atoms. The first kappa shape index (κ1) is 12.1. The minimum absolute atomic E-state index is 0.781. The maximum absolute atomic E-state index is 4.58. The van der Waals surface area contributed by atoms with Gasteiger partial charge in [0.2, 0.25) is 0 Å². The van der Waals surface area contributed by atoms with Crippen LogP contribution in [-0.2, 0) is 0 Å². The first-order valence-corrected chi connectivity index (χ1v) is 6.90. The van der Waals surface area contributed by atoms with E-state index in [1.807, 2.05) is 23.8 Å². The van der Waals surface area contributed by atoms with Crippen LogP contribution in [0.3, 0.4) is 0 Å². The number of aromatic nitrogens is 5. The second kappa shape index (κ2) is 4.15. The molecule has 3 aromatic heterocycles. The Morgan fingerprint density at radius 3 is 2.81 bits per heavy atom. The molecule has 0 unspecified atom stereocenters. The van der Waals surface area contributed by atoms with Gasteiger partial charge in [0.05, 0.1) is 11.7 Å². The molecule has 5 nitrogen and oxygen atoms in total. The third kappa shape index (κ3) is 1.74. The quantitative estimate of drug-likeness (QED) is 0.581. The number of pyridine rings is 1. The summed E-state index contributed by atoms with van der Waals surface area (Å²) >= 11 is 0. The molecule has 0 aliphatic heterocycles. The van der Waals surface area contributed by atoms with Gasteiger partial charge in [0, 0.05) is 17.1 Å². The van der Waals surface area contributed by atoms with E-state index >= 15 is 0 Å². The van der Waals surface area contributed by atoms with Gasteiger partial charge in [0.1, 0.15) is 5.82 Å². The molecule has 0 fully saturated rings. The zero-order valence-corrected chi connectivity index (χ0v) is 12.2. The van der Waals surface area contributed by atoms with Gasteiger partial charge in [-0.15, -0.1) is 0 Å². The first-order valence-electron chi connectivity index (χ1n) is 6.90. The summed E-state index contributed by atoms with van der Waals surface area (Å²) in [5, 5.41) is 12.7. The van der Waals surface area contributed by atoms with E-state index in [1.54, 1.807) is 0 Å². The van der Waals surface area contributed by atoms with Gasteiger partial charge < -0.3 is 0 Å². The van der Waals surface area contributed by atoms with E-state index in [0.29, 0.717) is 0 Å². The number of nitrogens with zero attached hydrogens (tertiary/aromatic N) is 4. The van der Waals surface area contributed by atoms with Gasteiger partial charge in [-0.05, 0) is 55.7 Å². The Bertz CT molecular complexity index is 977. The molecule has 104 valence electrons. The first-order chi connectivity index (χ1) is 10.1. The molecular weight excluding hydrogens is 262 g/mol. The predicted molar refractivity (Wildman–Crippen MR) is 82.3 cm³/mol. The molecular formula is C16H15N5. The van der Waals surface area contributed by atoms with E-state index in [1.165, 1.54) is 11.1 Å². The van der Waals surface area contributed by atoms with Crippen LogP contribution in [0.15, 0.2) is 30.6 Å². The highest BCUT2D eigenvalue weighted by Crippen LogP contribution is 2.31. The van der Waals surface area contributed by atoms with Gasteiger partial charge in [0.15, 0.2) is 5.65 Å². The average molecular weight is 277 g/mol. The number of rotatable bonds is 1. The highest BCUT2D eigenvalue weighted by atomic mass is 15.3. The van der Waals surface area contributed by atoms with Crippen LogP contribution in [0, 0.1) is 20.8 Å². The number of fused-ring (bicyclic) bond motifs is 2. The van der Waals surface area contributed by atoms with Gasteiger partial charge in [-0.1, -0.05) is 0 Å². The van der Waals surface area contributed by atoms with Crippen molar-refractivity contribution in [3.63, 3.8) is 0 Å². The minimum Gasteiger partial charge on any atom is -0.278 e. The number of nitrogens with one attached hydrogen (secondary N) is 1. The second-order valence-corrected chi connectivity index (χ2v) is 5.43. The molecule has 0 radical (unpaired) electrons. The molecule has 21 heavy (non-hydrogen) atoms. The molecule has 0 amide bonds. The summed E-state index contributed by atoms with van der Waals surface area (Å²) in [6, 6.07) is 6.40.